The standard InChI is InChI=1S/C17H23N5O3S/c1-24-14-6-4-13(5-7-14)8-9-18-16(23)12-26-17-19-20-21-22(17)11-15-3-2-10-25-15/h4-7,15H,2-3,8-12H2,1H3,(H,18,23). The first-order valence-electron chi connectivity index (χ1n) is 8.65. The molecule has 1 aromatic carbocycles. The summed E-state index contributed by atoms with van der Waals surface area (Å²) in [6.45, 7) is 2.02. The number of thioether (sulfide) groups is 1. The summed E-state index contributed by atoms with van der Waals surface area (Å²) in [6.07, 6.45) is 3.04. The minimum absolute atomic E-state index is 0.0322. The summed E-state index contributed by atoms with van der Waals surface area (Å²) in [5.74, 6) is 1.08. The second-order valence-electron chi connectivity index (χ2n) is 6.02. The van der Waals surface area contributed by atoms with Gasteiger partial charge in [0, 0.05) is 13.2 Å². The zero-order valence-electron chi connectivity index (χ0n) is 14.8. The molecule has 1 unspecified atom stereocenters. The monoisotopic (exact) mass is 377 g/mol. The first-order chi connectivity index (χ1) is 12.7. The van der Waals surface area contributed by atoms with Crippen LogP contribution >= 0.6 is 11.8 Å². The molecular formula is C17H23N5O3S. The van der Waals surface area contributed by atoms with Gasteiger partial charge in [0.25, 0.3) is 0 Å². The van der Waals surface area contributed by atoms with Gasteiger partial charge < -0.3 is 14.8 Å². The van der Waals surface area contributed by atoms with Crippen LogP contribution in [0.5, 0.6) is 5.75 Å². The van der Waals surface area contributed by atoms with Crippen molar-refractivity contribution in [3.05, 3.63) is 29.8 Å². The van der Waals surface area contributed by atoms with Crippen molar-refractivity contribution in [2.45, 2.75) is 37.1 Å². The molecule has 0 saturated carbocycles. The zero-order valence-corrected chi connectivity index (χ0v) is 15.6. The smallest absolute Gasteiger partial charge is 0.230 e. The largest absolute Gasteiger partial charge is 0.497 e. The van der Waals surface area contributed by atoms with Crippen molar-refractivity contribution in [1.29, 1.82) is 0 Å². The van der Waals surface area contributed by atoms with Crippen molar-refractivity contribution >= 4 is 17.7 Å². The van der Waals surface area contributed by atoms with Gasteiger partial charge >= 0.3 is 0 Å². The average Bonchev–Trinajstić information content (AvgIpc) is 3.33. The number of benzene rings is 1. The Kier molecular flexibility index (Phi) is 6.84. The number of nitrogens with zero attached hydrogens (tertiary/aromatic N) is 4. The highest BCUT2D eigenvalue weighted by Gasteiger charge is 2.19. The van der Waals surface area contributed by atoms with Crippen molar-refractivity contribution in [1.82, 2.24) is 25.5 Å². The predicted octanol–water partition coefficient (Wildman–Crippen LogP) is 1.31. The molecule has 1 aliphatic rings. The summed E-state index contributed by atoms with van der Waals surface area (Å²) < 4.78 is 12.4. The fourth-order valence-electron chi connectivity index (χ4n) is 2.72. The van der Waals surface area contributed by atoms with E-state index in [9.17, 15) is 4.79 Å². The number of ether oxygens (including phenoxy) is 2. The van der Waals surface area contributed by atoms with Gasteiger partial charge in [-0.25, -0.2) is 4.68 Å². The SMILES string of the molecule is COc1ccc(CCNC(=O)CSc2nnnn2CC2CCCO2)cc1. The number of hydrogen-bond donors (Lipinski definition) is 1. The normalized spacial score (nSPS) is 16.6. The molecule has 1 N–H and O–H groups in total. The van der Waals surface area contributed by atoms with Gasteiger partial charge in [-0.2, -0.15) is 0 Å². The van der Waals surface area contributed by atoms with E-state index in [2.05, 4.69) is 20.8 Å². The summed E-state index contributed by atoms with van der Waals surface area (Å²) in [4.78, 5) is 12.0. The Hall–Kier alpha value is -2.13. The highest BCUT2D eigenvalue weighted by Crippen LogP contribution is 2.18. The van der Waals surface area contributed by atoms with E-state index in [4.69, 9.17) is 9.47 Å². The van der Waals surface area contributed by atoms with E-state index in [1.807, 2.05) is 24.3 Å². The maximum atomic E-state index is 12.0. The molecule has 0 aliphatic carbocycles. The summed E-state index contributed by atoms with van der Waals surface area (Å²) in [5, 5.41) is 15.2. The van der Waals surface area contributed by atoms with Crippen LogP contribution in [-0.2, 0) is 22.5 Å². The molecule has 1 atom stereocenters. The second-order valence-corrected chi connectivity index (χ2v) is 6.96. The van der Waals surface area contributed by atoms with E-state index in [0.29, 0.717) is 18.2 Å². The van der Waals surface area contributed by atoms with E-state index >= 15 is 0 Å². The maximum Gasteiger partial charge on any atom is 0.230 e. The van der Waals surface area contributed by atoms with Gasteiger partial charge in [0.15, 0.2) is 0 Å². The molecule has 2 heterocycles. The minimum Gasteiger partial charge on any atom is -0.497 e. The quantitative estimate of drug-likeness (QED) is 0.659. The molecule has 1 fully saturated rings. The number of carbonyl (C=O) groups excluding carboxylic acids is 1. The lowest BCUT2D eigenvalue weighted by molar-refractivity contribution is -0.118. The summed E-state index contributed by atoms with van der Waals surface area (Å²) in [7, 11) is 1.64. The first-order valence-corrected chi connectivity index (χ1v) is 9.63. The lowest BCUT2D eigenvalue weighted by Gasteiger charge is -2.10. The van der Waals surface area contributed by atoms with E-state index < -0.39 is 0 Å². The number of carbonyl (C=O) groups is 1. The fraction of sp³-hybridized carbons (Fsp3) is 0.529. The highest BCUT2D eigenvalue weighted by molar-refractivity contribution is 7.99. The predicted molar refractivity (Wildman–Crippen MR) is 97.2 cm³/mol. The van der Waals surface area contributed by atoms with E-state index in [1.165, 1.54) is 11.8 Å². The third-order valence-electron chi connectivity index (χ3n) is 4.13. The van der Waals surface area contributed by atoms with Gasteiger partial charge in [-0.05, 0) is 47.4 Å². The Morgan fingerprint density at radius 1 is 1.42 bits per heavy atom. The van der Waals surface area contributed by atoms with Crippen LogP contribution in [-0.4, -0.2) is 58.2 Å². The van der Waals surface area contributed by atoms with Crippen LogP contribution in [0.4, 0.5) is 0 Å². The first kappa shape index (κ1) is 18.7. The van der Waals surface area contributed by atoms with Crippen LogP contribution in [0.15, 0.2) is 29.4 Å². The molecule has 0 radical (unpaired) electrons. The van der Waals surface area contributed by atoms with Gasteiger partial charge in [-0.3, -0.25) is 4.79 Å². The number of aromatic nitrogens is 4. The molecule has 3 rings (SSSR count). The zero-order chi connectivity index (χ0) is 18.2. The van der Waals surface area contributed by atoms with Crippen molar-refractivity contribution in [2.75, 3.05) is 26.0 Å². The van der Waals surface area contributed by atoms with Gasteiger partial charge in [0.05, 0.1) is 25.5 Å². The summed E-state index contributed by atoms with van der Waals surface area (Å²) in [6, 6.07) is 7.83. The molecule has 0 bridgehead atoms. The van der Waals surface area contributed by atoms with Crippen LogP contribution in [0.25, 0.3) is 0 Å². The summed E-state index contributed by atoms with van der Waals surface area (Å²) in [5.41, 5.74) is 1.15. The van der Waals surface area contributed by atoms with E-state index in [1.54, 1.807) is 11.8 Å². The average molecular weight is 377 g/mol. The molecule has 9 heteroatoms. The van der Waals surface area contributed by atoms with Crippen LogP contribution in [0.3, 0.4) is 0 Å². The van der Waals surface area contributed by atoms with E-state index in [-0.39, 0.29) is 17.8 Å². The fourth-order valence-corrected chi connectivity index (χ4v) is 3.43. The van der Waals surface area contributed by atoms with Crippen LogP contribution in [0, 0.1) is 0 Å². The molecule has 1 saturated heterocycles. The van der Waals surface area contributed by atoms with Crippen molar-refractivity contribution < 1.29 is 14.3 Å². The second kappa shape index (κ2) is 9.54. The minimum atomic E-state index is -0.0322. The Bertz CT molecular complexity index is 701. The van der Waals surface area contributed by atoms with Crippen molar-refractivity contribution in [3.63, 3.8) is 0 Å². The molecular weight excluding hydrogens is 354 g/mol. The van der Waals surface area contributed by atoms with Crippen LogP contribution < -0.4 is 10.1 Å². The molecule has 1 aromatic heterocycles. The Labute approximate surface area is 156 Å². The Balaban J connectivity index is 1.38. The van der Waals surface area contributed by atoms with Crippen LogP contribution in [0.2, 0.25) is 0 Å². The number of tetrazole rings is 1. The highest BCUT2D eigenvalue weighted by atomic mass is 32.2. The van der Waals surface area contributed by atoms with E-state index in [0.717, 1.165) is 37.2 Å². The Morgan fingerprint density at radius 3 is 3.00 bits per heavy atom. The van der Waals surface area contributed by atoms with Crippen molar-refractivity contribution in [3.8, 4) is 5.75 Å². The number of hydrogen-bond acceptors (Lipinski definition) is 7. The summed E-state index contributed by atoms with van der Waals surface area (Å²) >= 11 is 1.34. The number of nitrogens with one attached hydrogen (secondary N) is 1. The topological polar surface area (TPSA) is 91.2 Å². The molecule has 0 spiro atoms. The van der Waals surface area contributed by atoms with Gasteiger partial charge in [0.2, 0.25) is 11.1 Å². The molecule has 26 heavy (non-hydrogen) atoms. The molecule has 1 amide bonds. The number of rotatable bonds is 9. The lowest BCUT2D eigenvalue weighted by atomic mass is 10.1. The maximum absolute atomic E-state index is 12.0. The molecule has 1 aliphatic heterocycles. The van der Waals surface area contributed by atoms with Gasteiger partial charge in [-0.15, -0.1) is 5.10 Å². The van der Waals surface area contributed by atoms with Gasteiger partial charge in [-0.1, -0.05) is 23.9 Å². The molecule has 2 aromatic rings. The van der Waals surface area contributed by atoms with Gasteiger partial charge in [0.1, 0.15) is 5.75 Å². The molecule has 8 nitrogen and oxygen atoms in total. The third kappa shape index (κ3) is 5.43. The number of amides is 1. The molecule has 140 valence electrons. The lowest BCUT2D eigenvalue weighted by Crippen LogP contribution is -2.27. The third-order valence-corrected chi connectivity index (χ3v) is 5.08. The van der Waals surface area contributed by atoms with Crippen LogP contribution in [0.1, 0.15) is 18.4 Å². The van der Waals surface area contributed by atoms with Crippen molar-refractivity contribution in [2.24, 2.45) is 0 Å². The Morgan fingerprint density at radius 2 is 2.27 bits per heavy atom. The number of methoxy groups -OCH3 is 1.